The second kappa shape index (κ2) is 13.2. The normalized spacial score (nSPS) is 9.44. The van der Waals surface area contributed by atoms with Crippen LogP contribution in [0.3, 0.4) is 0 Å². The smallest absolute Gasteiger partial charge is 0.465 e. The molecular weight excluding hydrogens is 352 g/mol. The van der Waals surface area contributed by atoms with Crippen molar-refractivity contribution in [1.82, 2.24) is 0 Å². The molecule has 0 unspecified atom stereocenters. The SMILES string of the molecule is O=C(Cc1ccccc1)OCCCC[c-]1cccc1.[Fe+2].c1cc[cH-]c1. The van der Waals surface area contributed by atoms with Crippen LogP contribution in [0.25, 0.3) is 0 Å². The maximum absolute atomic E-state index is 11.6. The molecule has 0 bridgehead atoms. The van der Waals surface area contributed by atoms with E-state index in [1.807, 2.05) is 60.7 Å². The summed E-state index contributed by atoms with van der Waals surface area (Å²) in [6.07, 6.45) is 3.40. The molecule has 0 aliphatic rings. The van der Waals surface area contributed by atoms with Gasteiger partial charge in [-0.05, 0) is 12.0 Å². The Morgan fingerprint density at radius 1 is 0.920 bits per heavy atom. The molecule has 0 heterocycles. The number of esters is 1. The molecule has 3 aromatic carbocycles. The van der Waals surface area contributed by atoms with E-state index >= 15 is 0 Å². The minimum Gasteiger partial charge on any atom is -0.465 e. The van der Waals surface area contributed by atoms with Crippen LogP contribution in [0, 0.1) is 0 Å². The number of benzene rings is 1. The van der Waals surface area contributed by atoms with Crippen molar-refractivity contribution in [3.05, 3.63) is 96.1 Å². The third kappa shape index (κ3) is 9.71. The van der Waals surface area contributed by atoms with Gasteiger partial charge >= 0.3 is 23.0 Å². The average molecular weight is 376 g/mol. The fraction of sp³-hybridized carbons (Fsp3) is 0.227. The van der Waals surface area contributed by atoms with Crippen molar-refractivity contribution < 1.29 is 26.6 Å². The van der Waals surface area contributed by atoms with Gasteiger partial charge in [-0.3, -0.25) is 4.79 Å². The van der Waals surface area contributed by atoms with Crippen LogP contribution in [-0.4, -0.2) is 12.6 Å². The zero-order chi connectivity index (χ0) is 16.9. The Morgan fingerprint density at radius 3 is 2.20 bits per heavy atom. The van der Waals surface area contributed by atoms with Gasteiger partial charge in [-0.15, -0.1) is 0 Å². The van der Waals surface area contributed by atoms with Gasteiger partial charge in [0.2, 0.25) is 0 Å². The third-order valence-corrected chi connectivity index (χ3v) is 3.60. The van der Waals surface area contributed by atoms with Crippen LogP contribution < -0.4 is 0 Å². The molecule has 25 heavy (non-hydrogen) atoms. The number of carbonyl (C=O) groups excluding carboxylic acids is 1. The Hall–Kier alpha value is -2.09. The second-order valence-electron chi connectivity index (χ2n) is 5.60. The maximum Gasteiger partial charge on any atom is 2.00 e. The van der Waals surface area contributed by atoms with Gasteiger partial charge in [0.15, 0.2) is 0 Å². The number of rotatable bonds is 7. The van der Waals surface area contributed by atoms with Gasteiger partial charge in [-0.2, -0.15) is 35.9 Å². The van der Waals surface area contributed by atoms with E-state index in [1.165, 1.54) is 5.56 Å². The molecule has 0 fully saturated rings. The summed E-state index contributed by atoms with van der Waals surface area (Å²) < 4.78 is 5.23. The summed E-state index contributed by atoms with van der Waals surface area (Å²) in [5, 5.41) is 0. The van der Waals surface area contributed by atoms with Crippen LogP contribution in [0.2, 0.25) is 0 Å². The number of aryl methyl sites for hydroxylation is 1. The molecule has 0 aromatic heterocycles. The minimum atomic E-state index is -0.139. The first-order valence-corrected chi connectivity index (χ1v) is 8.41. The van der Waals surface area contributed by atoms with Gasteiger partial charge in [0, 0.05) is 0 Å². The molecule has 3 rings (SSSR count). The van der Waals surface area contributed by atoms with Crippen LogP contribution in [-0.2, 0) is 39.4 Å². The molecule has 0 aliphatic heterocycles. The zero-order valence-electron chi connectivity index (χ0n) is 14.3. The van der Waals surface area contributed by atoms with E-state index in [-0.39, 0.29) is 23.0 Å². The van der Waals surface area contributed by atoms with Crippen molar-refractivity contribution in [2.75, 3.05) is 6.61 Å². The predicted molar refractivity (Wildman–Crippen MR) is 98.1 cm³/mol. The Morgan fingerprint density at radius 2 is 1.60 bits per heavy atom. The average Bonchev–Trinajstić information content (AvgIpc) is 3.32. The monoisotopic (exact) mass is 376 g/mol. The number of carbonyl (C=O) groups is 1. The fourth-order valence-electron chi connectivity index (χ4n) is 2.33. The van der Waals surface area contributed by atoms with E-state index in [1.54, 1.807) is 0 Å². The molecule has 0 saturated carbocycles. The number of hydrogen-bond acceptors (Lipinski definition) is 2. The molecule has 132 valence electrons. The maximum atomic E-state index is 11.6. The van der Waals surface area contributed by atoms with Gasteiger partial charge in [0.25, 0.3) is 0 Å². The molecule has 0 radical (unpaired) electrons. The number of unbranched alkanes of at least 4 members (excludes halogenated alkanes) is 1. The summed E-state index contributed by atoms with van der Waals surface area (Å²) in [5.74, 6) is -0.139. The Labute approximate surface area is 161 Å². The summed E-state index contributed by atoms with van der Waals surface area (Å²) >= 11 is 0. The van der Waals surface area contributed by atoms with Crippen LogP contribution in [0.4, 0.5) is 0 Å². The first-order chi connectivity index (χ1) is 11.8. The molecule has 2 nitrogen and oxygen atoms in total. The molecule has 0 N–H and O–H groups in total. The molecule has 3 heteroatoms. The first-order valence-electron chi connectivity index (χ1n) is 8.41. The predicted octanol–water partition coefficient (Wildman–Crippen LogP) is 4.92. The van der Waals surface area contributed by atoms with E-state index in [0.717, 1.165) is 24.8 Å². The topological polar surface area (TPSA) is 26.3 Å². The van der Waals surface area contributed by atoms with Crippen molar-refractivity contribution in [3.8, 4) is 0 Å². The molecular formula is C22H24FeO2. The van der Waals surface area contributed by atoms with E-state index in [0.29, 0.717) is 13.0 Å². The molecule has 0 aliphatic carbocycles. The van der Waals surface area contributed by atoms with Crippen LogP contribution in [0.1, 0.15) is 24.0 Å². The van der Waals surface area contributed by atoms with Gasteiger partial charge in [-0.25, -0.2) is 24.3 Å². The molecule has 0 atom stereocenters. The van der Waals surface area contributed by atoms with Crippen LogP contribution >= 0.6 is 0 Å². The molecule has 0 saturated heterocycles. The minimum absolute atomic E-state index is 0. The quantitative estimate of drug-likeness (QED) is 0.253. The molecule has 0 spiro atoms. The van der Waals surface area contributed by atoms with Crippen LogP contribution in [0.15, 0.2) is 84.9 Å². The molecule has 0 amide bonds. The zero-order valence-corrected chi connectivity index (χ0v) is 15.4. The third-order valence-electron chi connectivity index (χ3n) is 3.60. The first kappa shape index (κ1) is 21.0. The second-order valence-corrected chi connectivity index (χ2v) is 5.60. The van der Waals surface area contributed by atoms with Crippen molar-refractivity contribution in [1.29, 1.82) is 0 Å². The fourth-order valence-corrected chi connectivity index (χ4v) is 2.33. The van der Waals surface area contributed by atoms with Crippen molar-refractivity contribution in [2.45, 2.75) is 25.7 Å². The summed E-state index contributed by atoms with van der Waals surface area (Å²) in [5.41, 5.74) is 2.36. The Bertz CT molecular complexity index is 625. The van der Waals surface area contributed by atoms with E-state index in [4.69, 9.17) is 4.74 Å². The van der Waals surface area contributed by atoms with Gasteiger partial charge in [0.1, 0.15) is 0 Å². The van der Waals surface area contributed by atoms with E-state index in [2.05, 4.69) is 24.3 Å². The summed E-state index contributed by atoms with van der Waals surface area (Å²) in [7, 11) is 0. The Kier molecular flexibility index (Phi) is 11.1. The van der Waals surface area contributed by atoms with Crippen molar-refractivity contribution >= 4 is 5.97 Å². The number of ether oxygens (including phenoxy) is 1. The summed E-state index contributed by atoms with van der Waals surface area (Å²) in [6, 6.07) is 28.0. The van der Waals surface area contributed by atoms with Crippen LogP contribution in [0.5, 0.6) is 0 Å². The van der Waals surface area contributed by atoms with Gasteiger partial charge < -0.3 is 4.74 Å². The van der Waals surface area contributed by atoms with Gasteiger partial charge in [0.05, 0.1) is 13.0 Å². The standard InChI is InChI=1S/C17H19O2.C5H5.Fe/c18-17(14-16-11-2-1-3-12-16)19-13-7-6-10-15-8-4-5-9-15;1-2-4-5-3-1;/h1-5,8-9,11-12H,6-7,10,13-14H2;1-5H;/q2*-1;+2. The largest absolute Gasteiger partial charge is 2.00 e. The molecule has 3 aromatic rings. The van der Waals surface area contributed by atoms with Crippen molar-refractivity contribution in [2.24, 2.45) is 0 Å². The van der Waals surface area contributed by atoms with Gasteiger partial charge in [-0.1, -0.05) is 43.2 Å². The van der Waals surface area contributed by atoms with Crippen molar-refractivity contribution in [3.63, 3.8) is 0 Å². The summed E-state index contributed by atoms with van der Waals surface area (Å²) in [4.78, 5) is 11.6. The number of hydrogen-bond donors (Lipinski definition) is 0. The summed E-state index contributed by atoms with van der Waals surface area (Å²) in [6.45, 7) is 0.520. The Balaban J connectivity index is 0.000000448. The van der Waals surface area contributed by atoms with E-state index < -0.39 is 0 Å². The van der Waals surface area contributed by atoms with E-state index in [9.17, 15) is 4.79 Å².